The highest BCUT2D eigenvalue weighted by Gasteiger charge is 2.34. The molecule has 1 saturated heterocycles. The van der Waals surface area contributed by atoms with Crippen molar-refractivity contribution in [3.8, 4) is 0 Å². The van der Waals surface area contributed by atoms with Gasteiger partial charge in [0, 0.05) is 63.6 Å². The molecule has 2 amide bonds. The first kappa shape index (κ1) is 37.6. The molecule has 1 atom stereocenters. The lowest BCUT2D eigenvalue weighted by Gasteiger charge is -2.37. The number of nitrogens with zero attached hydrogens (tertiary/aromatic N) is 3. The molecule has 2 aliphatic rings. The van der Waals surface area contributed by atoms with Gasteiger partial charge in [-0.25, -0.2) is 0 Å². The van der Waals surface area contributed by atoms with Gasteiger partial charge in [0.25, 0.3) is 0 Å². The Hall–Kier alpha value is -5.67. The van der Waals surface area contributed by atoms with E-state index in [1.54, 1.807) is 6.08 Å². The van der Waals surface area contributed by atoms with Crippen LogP contribution in [0.3, 0.4) is 0 Å². The van der Waals surface area contributed by atoms with E-state index in [1.165, 1.54) is 28.8 Å². The lowest BCUT2D eigenvalue weighted by atomic mass is 9.88. The zero-order valence-electron chi connectivity index (χ0n) is 30.7. The summed E-state index contributed by atoms with van der Waals surface area (Å²) in [5.41, 5.74) is 6.62. The van der Waals surface area contributed by atoms with Crippen molar-refractivity contribution in [3.63, 3.8) is 0 Å². The monoisotopic (exact) mass is 742 g/mol. The number of halogens is 3. The molecule has 0 radical (unpaired) electrons. The number of amides is 2. The summed E-state index contributed by atoms with van der Waals surface area (Å²) in [6.45, 7) is 5.13. The molecule has 9 heteroatoms. The zero-order valence-corrected chi connectivity index (χ0v) is 30.7. The van der Waals surface area contributed by atoms with Crippen LogP contribution in [-0.4, -0.2) is 54.3 Å². The fourth-order valence-corrected chi connectivity index (χ4v) is 7.47. The average molecular weight is 743 g/mol. The van der Waals surface area contributed by atoms with Gasteiger partial charge in [-0.3, -0.25) is 14.5 Å². The van der Waals surface area contributed by atoms with E-state index in [4.69, 9.17) is 0 Å². The number of hydrogen-bond acceptors (Lipinski definition) is 4. The fourth-order valence-electron chi connectivity index (χ4n) is 7.47. The van der Waals surface area contributed by atoms with Crippen LogP contribution in [0, 0.1) is 5.92 Å². The van der Waals surface area contributed by atoms with E-state index in [2.05, 4.69) is 63.6 Å². The second-order valence-electron chi connectivity index (χ2n) is 14.3. The second-order valence-corrected chi connectivity index (χ2v) is 14.3. The molecule has 2 aliphatic heterocycles. The highest BCUT2D eigenvalue weighted by molar-refractivity contribution is 6.04. The molecule has 0 saturated carbocycles. The molecule has 1 fully saturated rings. The third-order valence-electron chi connectivity index (χ3n) is 10.6. The Morgan fingerprint density at radius 3 is 1.95 bits per heavy atom. The molecule has 0 unspecified atom stereocenters. The number of rotatable bonds is 11. The van der Waals surface area contributed by atoms with Crippen LogP contribution >= 0.6 is 0 Å². The summed E-state index contributed by atoms with van der Waals surface area (Å²) < 4.78 is 40.4. The van der Waals surface area contributed by atoms with Gasteiger partial charge < -0.3 is 15.1 Å². The quantitative estimate of drug-likeness (QED) is 0.139. The van der Waals surface area contributed by atoms with Crippen LogP contribution in [0.5, 0.6) is 0 Å². The van der Waals surface area contributed by atoms with Crippen LogP contribution in [0.25, 0.3) is 6.08 Å². The predicted octanol–water partition coefficient (Wildman–Crippen LogP) is 8.17. The smallest absolute Gasteiger partial charge is 0.367 e. The van der Waals surface area contributed by atoms with Gasteiger partial charge in [0.2, 0.25) is 11.8 Å². The number of alkyl halides is 3. The van der Waals surface area contributed by atoms with Gasteiger partial charge in [-0.05, 0) is 76.6 Å². The molecule has 6 nitrogen and oxygen atoms in total. The van der Waals surface area contributed by atoms with Gasteiger partial charge in [-0.1, -0.05) is 109 Å². The Balaban J connectivity index is 1.12. The summed E-state index contributed by atoms with van der Waals surface area (Å²) in [4.78, 5) is 35.3. The van der Waals surface area contributed by atoms with Crippen molar-refractivity contribution < 1.29 is 22.8 Å². The third-order valence-corrected chi connectivity index (χ3v) is 10.6. The van der Waals surface area contributed by atoms with Crippen LogP contribution < -0.4 is 10.2 Å². The Bertz CT molecular complexity index is 2080. The topological polar surface area (TPSA) is 55.9 Å². The van der Waals surface area contributed by atoms with E-state index in [0.29, 0.717) is 31.7 Å². The molecule has 0 aliphatic carbocycles. The largest absolute Gasteiger partial charge is 0.416 e. The second kappa shape index (κ2) is 17.2. The lowest BCUT2D eigenvalue weighted by molar-refractivity contribution is -0.138. The normalized spacial score (nSPS) is 15.7. The maximum Gasteiger partial charge on any atom is 0.416 e. The summed E-state index contributed by atoms with van der Waals surface area (Å²) in [6.07, 6.45) is -1.68. The van der Waals surface area contributed by atoms with Gasteiger partial charge >= 0.3 is 6.18 Å². The molecule has 282 valence electrons. The minimum atomic E-state index is -4.50. The first-order valence-electron chi connectivity index (χ1n) is 18.9. The molecular formula is C46H45F3N4O2. The molecule has 5 aromatic carbocycles. The first-order chi connectivity index (χ1) is 26.7. The summed E-state index contributed by atoms with van der Waals surface area (Å²) >= 11 is 0. The number of piperazine rings is 1. The van der Waals surface area contributed by atoms with E-state index in [-0.39, 0.29) is 24.4 Å². The Morgan fingerprint density at radius 1 is 0.673 bits per heavy atom. The van der Waals surface area contributed by atoms with Crippen LogP contribution in [0.2, 0.25) is 0 Å². The van der Waals surface area contributed by atoms with E-state index in [9.17, 15) is 22.8 Å². The van der Waals surface area contributed by atoms with Crippen LogP contribution in [0.15, 0.2) is 139 Å². The zero-order chi connectivity index (χ0) is 38.2. The number of carbonyl (C=O) groups is 2. The molecular weight excluding hydrogens is 698 g/mol. The van der Waals surface area contributed by atoms with Crippen molar-refractivity contribution in [2.75, 3.05) is 37.6 Å². The van der Waals surface area contributed by atoms with Gasteiger partial charge in [-0.15, -0.1) is 0 Å². The Kier molecular flexibility index (Phi) is 11.8. The van der Waals surface area contributed by atoms with Gasteiger partial charge in [0.05, 0.1) is 11.5 Å². The average Bonchev–Trinajstić information content (AvgIpc) is 3.22. The number of nitrogens with one attached hydrogen (secondary N) is 1. The minimum absolute atomic E-state index is 0.177. The van der Waals surface area contributed by atoms with Crippen molar-refractivity contribution >= 4 is 23.6 Å². The SMILES string of the molecule is O=C(NCc1ccc(N2CCc3ccccc3C2)cc1)C(=Cc1ccc(C(F)(F)F)cc1)[C@H](Cc1ccccc1)C(=O)N1CCN(Cc2ccccc2)CC1. The third kappa shape index (κ3) is 9.72. The first-order valence-corrected chi connectivity index (χ1v) is 18.9. The van der Waals surface area contributed by atoms with Crippen LogP contribution in [-0.2, 0) is 48.2 Å². The van der Waals surface area contributed by atoms with Crippen molar-refractivity contribution in [1.29, 1.82) is 0 Å². The molecule has 0 aromatic heterocycles. The van der Waals surface area contributed by atoms with E-state index >= 15 is 0 Å². The number of benzene rings is 5. The van der Waals surface area contributed by atoms with Crippen molar-refractivity contribution in [3.05, 3.63) is 178 Å². The summed E-state index contributed by atoms with van der Waals surface area (Å²) in [5.74, 6) is -1.48. The van der Waals surface area contributed by atoms with Gasteiger partial charge in [-0.2, -0.15) is 13.2 Å². The Labute approximate surface area is 320 Å². The molecule has 2 heterocycles. The van der Waals surface area contributed by atoms with Crippen molar-refractivity contribution in [2.24, 2.45) is 5.92 Å². The number of fused-ring (bicyclic) bond motifs is 1. The van der Waals surface area contributed by atoms with Crippen LogP contribution in [0.1, 0.15) is 38.9 Å². The van der Waals surface area contributed by atoms with E-state index in [0.717, 1.165) is 55.0 Å². The molecule has 0 spiro atoms. The molecule has 55 heavy (non-hydrogen) atoms. The standard InChI is InChI=1S/C46H45F3N4O2/c47-46(48,49)40-19-15-35(16-20-40)29-42(44(54)50-31-36-17-21-41(22-18-36)53-24-23-38-13-7-8-14-39(38)33-53)43(30-34-9-3-1-4-10-34)45(55)52-27-25-51(26-28-52)32-37-11-5-2-6-12-37/h1-22,29,43H,23-28,30-33H2,(H,50,54)/t43-/m0/s1. The number of hydrogen-bond donors (Lipinski definition) is 1. The highest BCUT2D eigenvalue weighted by Crippen LogP contribution is 2.31. The van der Waals surface area contributed by atoms with Crippen molar-refractivity contribution in [2.45, 2.75) is 38.7 Å². The van der Waals surface area contributed by atoms with Gasteiger partial charge in [0.1, 0.15) is 0 Å². The van der Waals surface area contributed by atoms with E-state index < -0.39 is 23.6 Å². The number of carbonyl (C=O) groups excluding carboxylic acids is 2. The summed E-state index contributed by atoms with van der Waals surface area (Å²) in [7, 11) is 0. The molecule has 1 N–H and O–H groups in total. The Morgan fingerprint density at radius 2 is 1.29 bits per heavy atom. The summed E-state index contributed by atoms with van der Waals surface area (Å²) in [6, 6.07) is 41.1. The van der Waals surface area contributed by atoms with Crippen molar-refractivity contribution in [1.82, 2.24) is 15.1 Å². The maximum absolute atomic E-state index is 14.6. The number of anilines is 1. The summed E-state index contributed by atoms with van der Waals surface area (Å²) in [5, 5.41) is 3.05. The van der Waals surface area contributed by atoms with Gasteiger partial charge in [0.15, 0.2) is 0 Å². The molecule has 0 bridgehead atoms. The minimum Gasteiger partial charge on any atom is -0.367 e. The predicted molar refractivity (Wildman–Crippen MR) is 211 cm³/mol. The lowest BCUT2D eigenvalue weighted by Crippen LogP contribution is -2.51. The maximum atomic E-state index is 14.6. The fraction of sp³-hybridized carbons (Fsp3) is 0.261. The molecule has 5 aromatic rings. The van der Waals surface area contributed by atoms with E-state index in [1.807, 2.05) is 65.6 Å². The molecule has 7 rings (SSSR count). The highest BCUT2D eigenvalue weighted by atomic mass is 19.4. The van der Waals surface area contributed by atoms with Crippen LogP contribution in [0.4, 0.5) is 18.9 Å².